The molecule has 1 N–H and O–H groups in total. The van der Waals surface area contributed by atoms with Gasteiger partial charge in [0, 0.05) is 11.3 Å². The van der Waals surface area contributed by atoms with Crippen LogP contribution in [-0.4, -0.2) is 9.55 Å². The van der Waals surface area contributed by atoms with E-state index in [1.165, 1.54) is 5.56 Å². The van der Waals surface area contributed by atoms with Crippen molar-refractivity contribution in [2.24, 2.45) is 0 Å². The van der Waals surface area contributed by atoms with Crippen molar-refractivity contribution in [1.82, 2.24) is 9.55 Å². The van der Waals surface area contributed by atoms with Gasteiger partial charge in [0.2, 0.25) is 0 Å². The van der Waals surface area contributed by atoms with Gasteiger partial charge in [0.15, 0.2) is 0 Å². The molecule has 1 aromatic heterocycles. The number of rotatable bonds is 1. The molecule has 0 spiro atoms. The summed E-state index contributed by atoms with van der Waals surface area (Å²) in [6.45, 7) is 2.04. The second-order valence-electron chi connectivity index (χ2n) is 4.71. The fourth-order valence-corrected chi connectivity index (χ4v) is 2.84. The van der Waals surface area contributed by atoms with Crippen molar-refractivity contribution in [3.8, 4) is 5.69 Å². The minimum Gasteiger partial charge on any atom is -0.298 e. The molecule has 0 radical (unpaired) electrons. The van der Waals surface area contributed by atoms with Gasteiger partial charge in [0.25, 0.3) is 0 Å². The van der Waals surface area contributed by atoms with Gasteiger partial charge in [-0.3, -0.25) is 9.55 Å². The number of benzene rings is 1. The number of hydrogen-bond donors (Lipinski definition) is 1. The Balaban J connectivity index is 2.30. The maximum Gasteiger partial charge on any atom is 0.331 e. The number of hydrogen-bond acceptors (Lipinski definition) is 2. The van der Waals surface area contributed by atoms with Crippen LogP contribution < -0.4 is 5.69 Å². The Morgan fingerprint density at radius 3 is 2.67 bits per heavy atom. The molecule has 3 rings (SSSR count). The van der Waals surface area contributed by atoms with Gasteiger partial charge in [0.1, 0.15) is 4.64 Å². The normalized spacial score (nSPS) is 13.6. The molecule has 0 fully saturated rings. The highest BCUT2D eigenvalue weighted by Gasteiger charge is 2.18. The predicted octanol–water partition coefficient (Wildman–Crippen LogP) is 2.69. The Morgan fingerprint density at radius 1 is 1.22 bits per heavy atom. The monoisotopic (exact) mass is 258 g/mol. The lowest BCUT2D eigenvalue weighted by Gasteiger charge is -2.12. The Hall–Kier alpha value is -1.68. The maximum atomic E-state index is 12.1. The van der Waals surface area contributed by atoms with Gasteiger partial charge in [-0.15, -0.1) is 0 Å². The Bertz CT molecular complexity index is 710. The number of fused-ring (bicyclic) bond motifs is 1. The second-order valence-corrected chi connectivity index (χ2v) is 5.12. The zero-order valence-electron chi connectivity index (χ0n) is 10.2. The maximum absolute atomic E-state index is 12.1. The number of nitrogens with zero attached hydrogens (tertiary/aromatic N) is 1. The summed E-state index contributed by atoms with van der Waals surface area (Å²) in [6.07, 6.45) is 2.97. The predicted molar refractivity (Wildman–Crippen MR) is 74.0 cm³/mol. The van der Waals surface area contributed by atoms with Crippen molar-refractivity contribution in [3.05, 3.63) is 56.2 Å². The van der Waals surface area contributed by atoms with Gasteiger partial charge < -0.3 is 0 Å². The van der Waals surface area contributed by atoms with E-state index >= 15 is 0 Å². The molecule has 3 nitrogen and oxygen atoms in total. The molecule has 1 aliphatic carbocycles. The first kappa shape index (κ1) is 11.4. The highest BCUT2D eigenvalue weighted by Crippen LogP contribution is 2.23. The van der Waals surface area contributed by atoms with E-state index in [0.717, 1.165) is 36.2 Å². The van der Waals surface area contributed by atoms with E-state index in [4.69, 9.17) is 12.2 Å². The van der Waals surface area contributed by atoms with E-state index in [1.54, 1.807) is 4.57 Å². The molecule has 2 aromatic rings. The van der Waals surface area contributed by atoms with Crippen LogP contribution in [-0.2, 0) is 12.8 Å². The average Bonchev–Trinajstić information content (AvgIpc) is 2.81. The Kier molecular flexibility index (Phi) is 2.67. The smallest absolute Gasteiger partial charge is 0.298 e. The topological polar surface area (TPSA) is 37.8 Å². The van der Waals surface area contributed by atoms with E-state index in [9.17, 15) is 4.79 Å². The first-order valence-corrected chi connectivity index (χ1v) is 6.52. The summed E-state index contributed by atoms with van der Waals surface area (Å²) in [6, 6.07) is 7.99. The number of aromatic amines is 1. The van der Waals surface area contributed by atoms with Crippen LogP contribution in [0.3, 0.4) is 0 Å². The van der Waals surface area contributed by atoms with E-state index < -0.39 is 0 Å². The van der Waals surface area contributed by atoms with Crippen molar-refractivity contribution in [3.63, 3.8) is 0 Å². The molecule has 18 heavy (non-hydrogen) atoms. The summed E-state index contributed by atoms with van der Waals surface area (Å²) in [7, 11) is 0. The highest BCUT2D eigenvalue weighted by molar-refractivity contribution is 7.71. The minimum absolute atomic E-state index is 0.135. The number of H-pyrrole nitrogens is 1. The third kappa shape index (κ3) is 1.73. The van der Waals surface area contributed by atoms with Crippen molar-refractivity contribution >= 4 is 12.2 Å². The molecule has 0 bridgehead atoms. The van der Waals surface area contributed by atoms with Crippen LogP contribution in [0, 0.1) is 11.6 Å². The van der Waals surface area contributed by atoms with Gasteiger partial charge in [0.05, 0.1) is 5.69 Å². The first-order valence-electron chi connectivity index (χ1n) is 6.11. The van der Waals surface area contributed by atoms with Crippen molar-refractivity contribution in [2.45, 2.75) is 26.2 Å². The quantitative estimate of drug-likeness (QED) is 0.799. The molecular weight excluding hydrogens is 244 g/mol. The van der Waals surface area contributed by atoms with Gasteiger partial charge in [-0.2, -0.15) is 0 Å². The van der Waals surface area contributed by atoms with Gasteiger partial charge in [-0.25, -0.2) is 4.79 Å². The molecule has 1 aromatic carbocycles. The molecule has 0 saturated heterocycles. The fourth-order valence-electron chi connectivity index (χ4n) is 2.54. The molecule has 1 heterocycles. The van der Waals surface area contributed by atoms with Gasteiger partial charge in [-0.1, -0.05) is 29.9 Å². The first-order chi connectivity index (χ1) is 8.66. The molecule has 0 atom stereocenters. The van der Waals surface area contributed by atoms with Crippen LogP contribution in [0.1, 0.15) is 23.2 Å². The largest absolute Gasteiger partial charge is 0.331 e. The van der Waals surface area contributed by atoms with E-state index in [-0.39, 0.29) is 5.69 Å². The summed E-state index contributed by atoms with van der Waals surface area (Å²) in [4.78, 5) is 14.9. The van der Waals surface area contributed by atoms with Crippen LogP contribution in [0.5, 0.6) is 0 Å². The average molecular weight is 258 g/mol. The molecular formula is C14H14N2OS. The van der Waals surface area contributed by atoms with Crippen LogP contribution in [0.15, 0.2) is 29.1 Å². The molecule has 92 valence electrons. The van der Waals surface area contributed by atoms with Crippen LogP contribution in [0.4, 0.5) is 0 Å². The van der Waals surface area contributed by atoms with Crippen molar-refractivity contribution in [2.75, 3.05) is 0 Å². The summed E-state index contributed by atoms with van der Waals surface area (Å²) in [5.41, 5.74) is 4.17. The van der Waals surface area contributed by atoms with Gasteiger partial charge in [-0.05, 0) is 38.3 Å². The number of aryl methyl sites for hydroxylation is 1. The highest BCUT2D eigenvalue weighted by atomic mass is 32.1. The molecule has 0 saturated carbocycles. The van der Waals surface area contributed by atoms with Crippen LogP contribution >= 0.6 is 12.2 Å². The third-order valence-electron chi connectivity index (χ3n) is 3.45. The lowest BCUT2D eigenvalue weighted by atomic mass is 10.2. The third-order valence-corrected chi connectivity index (χ3v) is 3.80. The fraction of sp³-hybridized carbons (Fsp3) is 0.286. The molecule has 0 aliphatic heterocycles. The summed E-state index contributed by atoms with van der Waals surface area (Å²) < 4.78 is 2.37. The standard InChI is InChI=1S/C14H14N2OS/c1-9-5-7-10(8-6-9)16-12-4-2-3-11(12)13(18)15-14(16)17/h5-8H,2-4H2,1H3,(H,15,17,18). The Labute approximate surface area is 110 Å². The summed E-state index contributed by atoms with van der Waals surface area (Å²) >= 11 is 5.23. The number of nitrogens with one attached hydrogen (secondary N) is 1. The van der Waals surface area contributed by atoms with Crippen LogP contribution in [0.25, 0.3) is 5.69 Å². The van der Waals surface area contributed by atoms with Gasteiger partial charge >= 0.3 is 5.69 Å². The number of aromatic nitrogens is 2. The molecule has 4 heteroatoms. The lowest BCUT2D eigenvalue weighted by molar-refractivity contribution is 0.824. The van der Waals surface area contributed by atoms with Crippen LogP contribution in [0.2, 0.25) is 0 Å². The Morgan fingerprint density at radius 2 is 1.94 bits per heavy atom. The van der Waals surface area contributed by atoms with Crippen molar-refractivity contribution in [1.29, 1.82) is 0 Å². The van der Waals surface area contributed by atoms with E-state index in [1.807, 2.05) is 31.2 Å². The molecule has 0 unspecified atom stereocenters. The summed E-state index contributed by atoms with van der Waals surface area (Å²) in [5.74, 6) is 0. The minimum atomic E-state index is -0.135. The summed E-state index contributed by atoms with van der Waals surface area (Å²) in [5, 5.41) is 0. The molecule has 1 aliphatic rings. The van der Waals surface area contributed by atoms with E-state index in [2.05, 4.69) is 4.98 Å². The van der Waals surface area contributed by atoms with E-state index in [0.29, 0.717) is 4.64 Å². The second kappa shape index (κ2) is 4.21. The zero-order valence-corrected chi connectivity index (χ0v) is 11.0. The zero-order chi connectivity index (χ0) is 12.7. The lowest BCUT2D eigenvalue weighted by Crippen LogP contribution is -2.25. The SMILES string of the molecule is Cc1ccc(-n2c3c(c(=S)[nH]c2=O)CCC3)cc1. The van der Waals surface area contributed by atoms with Crippen molar-refractivity contribution < 1.29 is 0 Å². The molecule has 0 amide bonds.